The lowest BCUT2D eigenvalue weighted by Gasteiger charge is -2.29. The van der Waals surface area contributed by atoms with Crippen molar-refractivity contribution in [2.75, 3.05) is 18.9 Å². The van der Waals surface area contributed by atoms with E-state index in [9.17, 15) is 29.1 Å². The smallest absolute Gasteiger partial charge is 0.407 e. The highest BCUT2D eigenvalue weighted by Gasteiger charge is 2.39. The first-order valence-corrected chi connectivity index (χ1v) is 13.7. The van der Waals surface area contributed by atoms with Crippen molar-refractivity contribution in [1.29, 1.82) is 0 Å². The Morgan fingerprint density at radius 2 is 1.62 bits per heavy atom. The highest BCUT2D eigenvalue weighted by atomic mass is 32.1. The summed E-state index contributed by atoms with van der Waals surface area (Å²) in [5.74, 6) is -3.39. The number of carbonyl (C=O) groups is 5. The quantitative estimate of drug-likeness (QED) is 0.257. The summed E-state index contributed by atoms with van der Waals surface area (Å²) in [6, 6.07) is 12.5. The number of likely N-dealkylation sites (tertiary alicyclic amines) is 1. The predicted octanol–water partition coefficient (Wildman–Crippen LogP) is 1.65. The number of carboxylic acid groups (broad SMARTS) is 1. The third-order valence-corrected chi connectivity index (χ3v) is 7.61. The Morgan fingerprint density at radius 1 is 1.00 bits per heavy atom. The van der Waals surface area contributed by atoms with Crippen LogP contribution in [0, 0.1) is 0 Å². The molecule has 2 aliphatic rings. The number of hydrogen-bond acceptors (Lipinski definition) is 7. The molecule has 212 valence electrons. The van der Waals surface area contributed by atoms with Crippen molar-refractivity contribution >= 4 is 42.4 Å². The van der Waals surface area contributed by atoms with Crippen molar-refractivity contribution in [1.82, 2.24) is 15.5 Å². The zero-order valence-electron chi connectivity index (χ0n) is 21.7. The fourth-order valence-electron chi connectivity index (χ4n) is 5.28. The molecular formula is C28H32N4O7S. The summed E-state index contributed by atoms with van der Waals surface area (Å²) < 4.78 is 5.57. The Morgan fingerprint density at radius 3 is 2.20 bits per heavy atom. The first-order chi connectivity index (χ1) is 19.2. The Balaban J connectivity index is 1.44. The minimum absolute atomic E-state index is 0.0334. The topological polar surface area (TPSA) is 168 Å². The molecule has 0 unspecified atom stereocenters. The summed E-state index contributed by atoms with van der Waals surface area (Å²) in [7, 11) is 0. The number of benzene rings is 2. The summed E-state index contributed by atoms with van der Waals surface area (Å²) in [4.78, 5) is 63.3. The molecule has 0 aromatic heterocycles. The summed E-state index contributed by atoms with van der Waals surface area (Å²) in [5, 5.41) is 14.2. The molecule has 3 atom stereocenters. The predicted molar refractivity (Wildman–Crippen MR) is 149 cm³/mol. The normalized spacial score (nSPS) is 17.3. The third kappa shape index (κ3) is 6.39. The molecule has 0 bridgehead atoms. The van der Waals surface area contributed by atoms with E-state index in [4.69, 9.17) is 10.5 Å². The Labute approximate surface area is 236 Å². The maximum Gasteiger partial charge on any atom is 0.407 e. The van der Waals surface area contributed by atoms with Gasteiger partial charge in [0.15, 0.2) is 0 Å². The molecule has 2 aromatic carbocycles. The molecule has 0 saturated carbocycles. The number of hydrogen-bond donors (Lipinski definition) is 5. The number of ether oxygens (including phenoxy) is 1. The molecule has 1 saturated heterocycles. The second-order valence-electron chi connectivity index (χ2n) is 9.80. The largest absolute Gasteiger partial charge is 0.480 e. The van der Waals surface area contributed by atoms with Gasteiger partial charge in [0.05, 0.1) is 0 Å². The van der Waals surface area contributed by atoms with Crippen LogP contribution in [0.15, 0.2) is 48.5 Å². The third-order valence-electron chi connectivity index (χ3n) is 7.25. The minimum atomic E-state index is -1.24. The monoisotopic (exact) mass is 568 g/mol. The molecule has 12 heteroatoms. The number of alkyl carbamates (subject to hydrolysis) is 1. The zero-order chi connectivity index (χ0) is 28.8. The van der Waals surface area contributed by atoms with Crippen LogP contribution in [-0.4, -0.2) is 76.8 Å². The molecule has 40 heavy (non-hydrogen) atoms. The fourth-order valence-corrected chi connectivity index (χ4v) is 5.53. The van der Waals surface area contributed by atoms with E-state index >= 15 is 0 Å². The van der Waals surface area contributed by atoms with Crippen LogP contribution < -0.4 is 16.4 Å². The zero-order valence-corrected chi connectivity index (χ0v) is 22.6. The van der Waals surface area contributed by atoms with Crippen LogP contribution in [0.5, 0.6) is 0 Å². The van der Waals surface area contributed by atoms with E-state index in [2.05, 4.69) is 23.3 Å². The van der Waals surface area contributed by atoms with Gasteiger partial charge < -0.3 is 31.1 Å². The van der Waals surface area contributed by atoms with Crippen molar-refractivity contribution in [3.63, 3.8) is 0 Å². The van der Waals surface area contributed by atoms with Crippen molar-refractivity contribution in [2.24, 2.45) is 5.73 Å². The van der Waals surface area contributed by atoms with Crippen molar-refractivity contribution in [2.45, 2.75) is 49.7 Å². The van der Waals surface area contributed by atoms with E-state index in [1.807, 2.05) is 48.5 Å². The van der Waals surface area contributed by atoms with E-state index in [1.54, 1.807) is 0 Å². The summed E-state index contributed by atoms with van der Waals surface area (Å²) in [5.41, 5.74) is 9.50. The van der Waals surface area contributed by atoms with Gasteiger partial charge in [-0.05, 0) is 41.5 Å². The molecule has 5 N–H and O–H groups in total. The van der Waals surface area contributed by atoms with Gasteiger partial charge in [0, 0.05) is 24.6 Å². The van der Waals surface area contributed by atoms with Gasteiger partial charge in [-0.2, -0.15) is 12.6 Å². The lowest BCUT2D eigenvalue weighted by atomic mass is 9.98. The second-order valence-corrected chi connectivity index (χ2v) is 10.2. The van der Waals surface area contributed by atoms with Crippen LogP contribution in [0.1, 0.15) is 42.7 Å². The second kappa shape index (κ2) is 12.9. The molecule has 4 rings (SSSR count). The number of fused-ring (bicyclic) bond motifs is 3. The van der Waals surface area contributed by atoms with E-state index in [0.29, 0.717) is 12.8 Å². The van der Waals surface area contributed by atoms with Gasteiger partial charge in [-0.25, -0.2) is 9.59 Å². The average molecular weight is 569 g/mol. The van der Waals surface area contributed by atoms with Crippen LogP contribution in [-0.2, 0) is 23.9 Å². The van der Waals surface area contributed by atoms with E-state index in [1.165, 1.54) is 4.90 Å². The first-order valence-electron chi connectivity index (χ1n) is 13.1. The van der Waals surface area contributed by atoms with E-state index in [-0.39, 0.29) is 37.7 Å². The summed E-state index contributed by atoms with van der Waals surface area (Å²) in [6.45, 7) is 0.264. The molecule has 1 fully saturated rings. The lowest BCUT2D eigenvalue weighted by Crippen LogP contribution is -2.55. The number of aliphatic carboxylic acids is 1. The molecule has 1 aliphatic heterocycles. The van der Waals surface area contributed by atoms with Gasteiger partial charge in [0.25, 0.3) is 0 Å². The number of thiol groups is 1. The Kier molecular flexibility index (Phi) is 9.30. The molecule has 11 nitrogen and oxygen atoms in total. The lowest BCUT2D eigenvalue weighted by molar-refractivity contribution is -0.143. The van der Waals surface area contributed by atoms with Gasteiger partial charge in [-0.3, -0.25) is 14.4 Å². The number of carbonyl (C=O) groups excluding carboxylic acids is 4. The van der Waals surface area contributed by atoms with Crippen LogP contribution in [0.4, 0.5) is 4.79 Å². The highest BCUT2D eigenvalue weighted by Crippen LogP contribution is 2.44. The van der Waals surface area contributed by atoms with Gasteiger partial charge in [-0.1, -0.05) is 48.5 Å². The van der Waals surface area contributed by atoms with E-state index in [0.717, 1.165) is 22.3 Å². The SMILES string of the molecule is NC(=O)CC[C@H](NC(=O)OCC1c2ccccc2-c2ccccc21)C(=O)N1CCC[C@H]1C(=O)N[C@@H](CS)C(=O)O. The number of carboxylic acids is 1. The average Bonchev–Trinajstić information content (AvgIpc) is 3.55. The Hall–Kier alpha value is -4.06. The van der Waals surface area contributed by atoms with Gasteiger partial charge in [0.1, 0.15) is 24.7 Å². The number of amides is 4. The number of primary amides is 1. The number of nitrogens with two attached hydrogens (primary N) is 1. The molecule has 1 heterocycles. The standard InChI is InChI=1S/C28H32N4O7S/c29-24(33)12-11-21(26(35)32-13-5-10-23(32)25(34)30-22(15-40)27(36)37)31-28(38)39-14-20-18-8-3-1-6-16(18)17-7-2-4-9-19(17)20/h1-4,6-9,20-23,40H,5,10-15H2,(H2,29,33)(H,30,34)(H,31,38)(H,36,37)/t21-,22-,23-/m0/s1. The molecule has 0 radical (unpaired) electrons. The molecule has 2 aromatic rings. The van der Waals surface area contributed by atoms with Crippen LogP contribution in [0.2, 0.25) is 0 Å². The first kappa shape index (κ1) is 28.9. The van der Waals surface area contributed by atoms with Crippen LogP contribution >= 0.6 is 12.6 Å². The van der Waals surface area contributed by atoms with Crippen molar-refractivity contribution in [3.05, 3.63) is 59.7 Å². The summed E-state index contributed by atoms with van der Waals surface area (Å²) >= 11 is 3.95. The van der Waals surface area contributed by atoms with Gasteiger partial charge in [-0.15, -0.1) is 0 Å². The van der Waals surface area contributed by atoms with Gasteiger partial charge in [0.2, 0.25) is 17.7 Å². The number of rotatable bonds is 11. The number of nitrogens with one attached hydrogen (secondary N) is 2. The molecule has 1 aliphatic carbocycles. The molecule has 4 amide bonds. The van der Waals surface area contributed by atoms with Crippen LogP contribution in [0.25, 0.3) is 11.1 Å². The highest BCUT2D eigenvalue weighted by molar-refractivity contribution is 7.80. The van der Waals surface area contributed by atoms with Crippen molar-refractivity contribution < 1.29 is 33.8 Å². The Bertz CT molecular complexity index is 1260. The molecule has 0 spiro atoms. The maximum atomic E-state index is 13.5. The van der Waals surface area contributed by atoms with E-state index < -0.39 is 47.9 Å². The molecular weight excluding hydrogens is 536 g/mol. The fraction of sp³-hybridized carbons (Fsp3) is 0.393. The van der Waals surface area contributed by atoms with Crippen LogP contribution in [0.3, 0.4) is 0 Å². The minimum Gasteiger partial charge on any atom is -0.480 e. The maximum absolute atomic E-state index is 13.5. The number of nitrogens with zero attached hydrogens (tertiary/aromatic N) is 1. The van der Waals surface area contributed by atoms with Gasteiger partial charge >= 0.3 is 12.1 Å². The summed E-state index contributed by atoms with van der Waals surface area (Å²) in [6.07, 6.45) is -0.269. The van der Waals surface area contributed by atoms with Crippen molar-refractivity contribution in [3.8, 4) is 11.1 Å².